The zero-order valence-corrected chi connectivity index (χ0v) is 18.4. The summed E-state index contributed by atoms with van der Waals surface area (Å²) in [5, 5.41) is 11.4. The number of halogens is 3. The van der Waals surface area contributed by atoms with Crippen molar-refractivity contribution in [2.45, 2.75) is 51.4 Å². The van der Waals surface area contributed by atoms with Crippen molar-refractivity contribution in [1.29, 1.82) is 0 Å². The minimum Gasteiger partial charge on any atom is -0.496 e. The number of benzene rings is 1. The quantitative estimate of drug-likeness (QED) is 0.786. The van der Waals surface area contributed by atoms with Crippen LogP contribution in [0.5, 0.6) is 5.75 Å². The Bertz CT molecular complexity index is 998. The molecule has 0 bridgehead atoms. The van der Waals surface area contributed by atoms with Gasteiger partial charge < -0.3 is 10.1 Å². The van der Waals surface area contributed by atoms with E-state index in [0.717, 1.165) is 38.1 Å². The number of ether oxygens (including phenoxy) is 1. The lowest BCUT2D eigenvalue weighted by molar-refractivity contribution is -0.137. The van der Waals surface area contributed by atoms with Gasteiger partial charge in [0.2, 0.25) is 5.82 Å². The minimum absolute atomic E-state index is 0.0278. The number of nitrogens with one attached hydrogen (secondary N) is 1. The van der Waals surface area contributed by atoms with Crippen molar-refractivity contribution in [1.82, 2.24) is 19.7 Å². The number of aromatic nitrogens is 3. The predicted molar refractivity (Wildman–Crippen MR) is 112 cm³/mol. The normalized spacial score (nSPS) is 18.1. The van der Waals surface area contributed by atoms with E-state index in [2.05, 4.69) is 41.2 Å². The Morgan fingerprint density at radius 2 is 1.90 bits per heavy atom. The van der Waals surface area contributed by atoms with Gasteiger partial charge in [0.15, 0.2) is 5.82 Å². The highest BCUT2D eigenvalue weighted by Gasteiger charge is 2.32. The lowest BCUT2D eigenvalue weighted by Crippen LogP contribution is -2.51. The molecule has 1 atom stereocenters. The van der Waals surface area contributed by atoms with E-state index in [-0.39, 0.29) is 34.5 Å². The Morgan fingerprint density at radius 1 is 1.19 bits per heavy atom. The molecule has 1 aromatic carbocycles. The lowest BCUT2D eigenvalue weighted by Gasteiger charge is -2.41. The van der Waals surface area contributed by atoms with E-state index in [1.165, 1.54) is 24.8 Å². The Labute approximate surface area is 179 Å². The Morgan fingerprint density at radius 3 is 2.52 bits per heavy atom. The average molecular weight is 439 g/mol. The van der Waals surface area contributed by atoms with Crippen LogP contribution in [-0.4, -0.2) is 51.4 Å². The molecular formula is C21H28F3N5O2. The molecule has 1 N–H and O–H groups in total. The molecule has 0 spiro atoms. The monoisotopic (exact) mass is 439 g/mol. The first-order valence-electron chi connectivity index (χ1n) is 10.1. The second-order valence-electron chi connectivity index (χ2n) is 8.75. The SMILES string of the molecule is COc1cc(C(F)(F)F)ccc1-c1nnc(NC2CCCN(C(C)(C)C)C2)c(=O)n1C. The summed E-state index contributed by atoms with van der Waals surface area (Å²) in [6, 6.07) is 3.11. The van der Waals surface area contributed by atoms with E-state index in [0.29, 0.717) is 0 Å². The first kappa shape index (κ1) is 23.1. The topological polar surface area (TPSA) is 72.3 Å². The first-order valence-corrected chi connectivity index (χ1v) is 10.1. The third kappa shape index (κ3) is 5.00. The van der Waals surface area contributed by atoms with Crippen LogP contribution in [0, 0.1) is 0 Å². The van der Waals surface area contributed by atoms with E-state index in [1.807, 2.05) is 0 Å². The molecule has 7 nitrogen and oxygen atoms in total. The number of piperidine rings is 1. The Balaban J connectivity index is 1.89. The molecule has 0 radical (unpaired) electrons. The predicted octanol–water partition coefficient (Wildman–Crippen LogP) is 3.54. The number of hydrogen-bond acceptors (Lipinski definition) is 6. The molecule has 0 amide bonds. The van der Waals surface area contributed by atoms with Crippen molar-refractivity contribution in [3.63, 3.8) is 0 Å². The molecule has 1 saturated heterocycles. The van der Waals surface area contributed by atoms with Crippen LogP contribution < -0.4 is 15.6 Å². The highest BCUT2D eigenvalue weighted by Crippen LogP contribution is 2.36. The lowest BCUT2D eigenvalue weighted by atomic mass is 9.98. The zero-order chi connectivity index (χ0) is 23.0. The molecule has 170 valence electrons. The van der Waals surface area contributed by atoms with Crippen LogP contribution in [0.15, 0.2) is 23.0 Å². The van der Waals surface area contributed by atoms with Gasteiger partial charge in [-0.05, 0) is 58.4 Å². The van der Waals surface area contributed by atoms with Gasteiger partial charge in [-0.2, -0.15) is 13.2 Å². The second-order valence-corrected chi connectivity index (χ2v) is 8.75. The molecule has 31 heavy (non-hydrogen) atoms. The van der Waals surface area contributed by atoms with E-state index >= 15 is 0 Å². The fourth-order valence-corrected chi connectivity index (χ4v) is 3.74. The average Bonchev–Trinajstić information content (AvgIpc) is 2.70. The Kier molecular flexibility index (Phi) is 6.31. The van der Waals surface area contributed by atoms with Crippen LogP contribution >= 0.6 is 0 Å². The van der Waals surface area contributed by atoms with Crippen molar-refractivity contribution in [3.05, 3.63) is 34.1 Å². The molecule has 3 rings (SSSR count). The second kappa shape index (κ2) is 8.49. The largest absolute Gasteiger partial charge is 0.496 e. The molecule has 1 unspecified atom stereocenters. The molecule has 1 aliphatic rings. The number of nitrogens with zero attached hydrogens (tertiary/aromatic N) is 4. The molecule has 1 aliphatic heterocycles. The maximum absolute atomic E-state index is 13.0. The number of likely N-dealkylation sites (tertiary alicyclic amines) is 1. The summed E-state index contributed by atoms with van der Waals surface area (Å²) in [6.45, 7) is 8.24. The maximum Gasteiger partial charge on any atom is 0.416 e. The first-order chi connectivity index (χ1) is 14.4. The third-order valence-corrected chi connectivity index (χ3v) is 5.55. The number of methoxy groups -OCH3 is 1. The van der Waals surface area contributed by atoms with Crippen molar-refractivity contribution >= 4 is 5.82 Å². The summed E-state index contributed by atoms with van der Waals surface area (Å²) < 4.78 is 45.4. The van der Waals surface area contributed by atoms with Gasteiger partial charge in [-0.1, -0.05) is 0 Å². The third-order valence-electron chi connectivity index (χ3n) is 5.55. The summed E-state index contributed by atoms with van der Waals surface area (Å²) >= 11 is 0. The number of hydrogen-bond donors (Lipinski definition) is 1. The van der Waals surface area contributed by atoms with Crippen LogP contribution in [0.4, 0.5) is 19.0 Å². The molecule has 1 fully saturated rings. The number of rotatable bonds is 4. The van der Waals surface area contributed by atoms with E-state index < -0.39 is 17.3 Å². The standard InChI is InChI=1S/C21H28F3N5O2/c1-20(2,3)29-10-6-7-14(12-29)25-17-19(30)28(4)18(27-26-17)15-9-8-13(21(22,23)24)11-16(15)31-5/h8-9,11,14H,6-7,10,12H2,1-5H3,(H,25,26). The van der Waals surface area contributed by atoms with Gasteiger partial charge in [-0.3, -0.25) is 14.3 Å². The van der Waals surface area contributed by atoms with Gasteiger partial charge in [-0.15, -0.1) is 10.2 Å². The number of anilines is 1. The van der Waals surface area contributed by atoms with Crippen molar-refractivity contribution < 1.29 is 17.9 Å². The van der Waals surface area contributed by atoms with Crippen LogP contribution in [0.3, 0.4) is 0 Å². The fourth-order valence-electron chi connectivity index (χ4n) is 3.74. The fraction of sp³-hybridized carbons (Fsp3) is 0.571. The smallest absolute Gasteiger partial charge is 0.416 e. The highest BCUT2D eigenvalue weighted by molar-refractivity contribution is 5.65. The van der Waals surface area contributed by atoms with Crippen LogP contribution in [0.1, 0.15) is 39.2 Å². The van der Waals surface area contributed by atoms with E-state index in [4.69, 9.17) is 4.74 Å². The van der Waals surface area contributed by atoms with Gasteiger partial charge in [-0.25, -0.2) is 0 Å². The van der Waals surface area contributed by atoms with Crippen molar-refractivity contribution in [2.75, 3.05) is 25.5 Å². The van der Waals surface area contributed by atoms with E-state index in [9.17, 15) is 18.0 Å². The summed E-state index contributed by atoms with van der Waals surface area (Å²) in [7, 11) is 2.78. The van der Waals surface area contributed by atoms with Gasteiger partial charge in [0, 0.05) is 25.2 Å². The number of alkyl halides is 3. The van der Waals surface area contributed by atoms with Gasteiger partial charge >= 0.3 is 6.18 Å². The molecule has 0 saturated carbocycles. The molecular weight excluding hydrogens is 411 g/mol. The van der Waals surface area contributed by atoms with Crippen molar-refractivity contribution in [3.8, 4) is 17.1 Å². The van der Waals surface area contributed by atoms with Crippen LogP contribution in [0.2, 0.25) is 0 Å². The van der Waals surface area contributed by atoms with Gasteiger partial charge in [0.1, 0.15) is 5.75 Å². The van der Waals surface area contributed by atoms with Crippen molar-refractivity contribution in [2.24, 2.45) is 7.05 Å². The van der Waals surface area contributed by atoms with Crippen LogP contribution in [0.25, 0.3) is 11.4 Å². The maximum atomic E-state index is 13.0. The Hall–Kier alpha value is -2.62. The molecule has 2 heterocycles. The highest BCUT2D eigenvalue weighted by atomic mass is 19.4. The minimum atomic E-state index is -4.50. The molecule has 10 heteroatoms. The zero-order valence-electron chi connectivity index (χ0n) is 18.4. The van der Waals surface area contributed by atoms with Crippen LogP contribution in [-0.2, 0) is 13.2 Å². The summed E-state index contributed by atoms with van der Waals surface area (Å²) in [6.07, 6.45) is -2.59. The summed E-state index contributed by atoms with van der Waals surface area (Å²) in [4.78, 5) is 15.3. The summed E-state index contributed by atoms with van der Waals surface area (Å²) in [5.41, 5.74) is -0.962. The molecule has 2 aromatic rings. The van der Waals surface area contributed by atoms with Gasteiger partial charge in [0.05, 0.1) is 18.2 Å². The molecule has 0 aliphatic carbocycles. The molecule has 1 aromatic heterocycles. The van der Waals surface area contributed by atoms with E-state index in [1.54, 1.807) is 0 Å². The summed E-state index contributed by atoms with van der Waals surface area (Å²) in [5.74, 6) is 0.215. The van der Waals surface area contributed by atoms with Gasteiger partial charge in [0.25, 0.3) is 5.56 Å².